The first-order valence-corrected chi connectivity index (χ1v) is 7.92. The monoisotopic (exact) mass is 341 g/mol. The molecule has 0 radical (unpaired) electrons. The van der Waals surface area contributed by atoms with Crippen molar-refractivity contribution >= 4 is 34.6 Å². The van der Waals surface area contributed by atoms with Crippen molar-refractivity contribution in [3.05, 3.63) is 46.2 Å². The number of aromatic amines is 1. The van der Waals surface area contributed by atoms with E-state index in [1.165, 1.54) is 11.1 Å². The SMILES string of the molecule is COc1cc2[nH]c(=S)nc(Nc3cc(C)cc(C)c3)c2cc1OC. The number of hydrogen-bond donors (Lipinski definition) is 2. The molecule has 0 aliphatic rings. The van der Waals surface area contributed by atoms with E-state index in [9.17, 15) is 0 Å². The van der Waals surface area contributed by atoms with Gasteiger partial charge in [0.2, 0.25) is 0 Å². The zero-order chi connectivity index (χ0) is 17.3. The van der Waals surface area contributed by atoms with Crippen molar-refractivity contribution in [1.29, 1.82) is 0 Å². The Morgan fingerprint density at radius 1 is 0.958 bits per heavy atom. The zero-order valence-electron chi connectivity index (χ0n) is 14.1. The van der Waals surface area contributed by atoms with E-state index < -0.39 is 0 Å². The topological polar surface area (TPSA) is 59.2 Å². The molecule has 124 valence electrons. The summed E-state index contributed by atoms with van der Waals surface area (Å²) in [6, 6.07) is 10.0. The standard InChI is InChI=1S/C18H19N3O2S/c1-10-5-11(2)7-12(6-10)19-17-13-8-15(22-3)16(23-4)9-14(13)20-18(24)21-17/h5-9H,1-4H3,(H2,19,20,21,24). The van der Waals surface area contributed by atoms with Crippen LogP contribution in [0.15, 0.2) is 30.3 Å². The molecule has 1 heterocycles. The number of hydrogen-bond acceptors (Lipinski definition) is 5. The van der Waals surface area contributed by atoms with Crippen molar-refractivity contribution in [1.82, 2.24) is 9.97 Å². The Labute approximate surface area is 145 Å². The lowest BCUT2D eigenvalue weighted by Gasteiger charge is -2.13. The van der Waals surface area contributed by atoms with Crippen LogP contribution in [0.25, 0.3) is 10.9 Å². The van der Waals surface area contributed by atoms with E-state index in [4.69, 9.17) is 21.7 Å². The van der Waals surface area contributed by atoms with Gasteiger partial charge in [0.15, 0.2) is 16.3 Å². The van der Waals surface area contributed by atoms with Crippen molar-refractivity contribution in [3.63, 3.8) is 0 Å². The van der Waals surface area contributed by atoms with Gasteiger partial charge in [-0.25, -0.2) is 4.98 Å². The first-order chi connectivity index (χ1) is 11.5. The number of nitrogens with one attached hydrogen (secondary N) is 2. The average Bonchev–Trinajstić information content (AvgIpc) is 2.52. The largest absolute Gasteiger partial charge is 0.493 e. The van der Waals surface area contributed by atoms with Gasteiger partial charge in [0.1, 0.15) is 5.82 Å². The summed E-state index contributed by atoms with van der Waals surface area (Å²) in [5.41, 5.74) is 4.17. The molecule has 3 rings (SSSR count). The minimum absolute atomic E-state index is 0.404. The predicted molar refractivity (Wildman–Crippen MR) is 99.2 cm³/mol. The maximum Gasteiger partial charge on any atom is 0.199 e. The van der Waals surface area contributed by atoms with Crippen molar-refractivity contribution in [2.24, 2.45) is 0 Å². The molecule has 5 nitrogen and oxygen atoms in total. The van der Waals surface area contributed by atoms with E-state index in [1.807, 2.05) is 12.1 Å². The second-order valence-electron chi connectivity index (χ2n) is 5.64. The molecule has 6 heteroatoms. The summed E-state index contributed by atoms with van der Waals surface area (Å²) in [7, 11) is 3.22. The molecule has 0 fully saturated rings. The van der Waals surface area contributed by atoms with Gasteiger partial charge < -0.3 is 19.8 Å². The number of methoxy groups -OCH3 is 2. The van der Waals surface area contributed by atoms with Crippen LogP contribution in [-0.4, -0.2) is 24.2 Å². The fourth-order valence-corrected chi connectivity index (χ4v) is 2.96. The van der Waals surface area contributed by atoms with Gasteiger partial charge in [-0.2, -0.15) is 0 Å². The van der Waals surface area contributed by atoms with Crippen molar-refractivity contribution in [2.45, 2.75) is 13.8 Å². The molecule has 0 atom stereocenters. The average molecular weight is 341 g/mol. The third-order valence-corrected chi connectivity index (χ3v) is 3.91. The Hall–Kier alpha value is -2.60. The lowest BCUT2D eigenvalue weighted by Crippen LogP contribution is -1.99. The molecular formula is C18H19N3O2S. The summed E-state index contributed by atoms with van der Waals surface area (Å²) >= 11 is 5.26. The summed E-state index contributed by atoms with van der Waals surface area (Å²) in [6.07, 6.45) is 0. The fraction of sp³-hybridized carbons (Fsp3) is 0.222. The number of H-pyrrole nitrogens is 1. The number of anilines is 2. The normalized spacial score (nSPS) is 10.7. The summed E-state index contributed by atoms with van der Waals surface area (Å²) in [4.78, 5) is 7.53. The fourth-order valence-electron chi connectivity index (χ4n) is 2.76. The lowest BCUT2D eigenvalue weighted by molar-refractivity contribution is 0.356. The van der Waals surface area contributed by atoms with Crippen LogP contribution < -0.4 is 14.8 Å². The highest BCUT2D eigenvalue weighted by Crippen LogP contribution is 2.34. The van der Waals surface area contributed by atoms with Crippen LogP contribution in [0.1, 0.15) is 11.1 Å². The summed E-state index contributed by atoms with van der Waals surface area (Å²) in [5, 5.41) is 4.24. The Morgan fingerprint density at radius 2 is 1.58 bits per heavy atom. The molecule has 2 N–H and O–H groups in total. The van der Waals surface area contributed by atoms with Gasteiger partial charge in [0.25, 0.3) is 0 Å². The number of rotatable bonds is 4. The van der Waals surface area contributed by atoms with Crippen molar-refractivity contribution in [3.8, 4) is 11.5 Å². The van der Waals surface area contributed by atoms with E-state index in [1.54, 1.807) is 14.2 Å². The second kappa shape index (κ2) is 6.49. The number of benzene rings is 2. The molecule has 24 heavy (non-hydrogen) atoms. The Balaban J connectivity index is 2.17. The number of aryl methyl sites for hydroxylation is 2. The Bertz CT molecular complexity index is 946. The molecular weight excluding hydrogens is 322 g/mol. The van der Waals surface area contributed by atoms with E-state index in [0.29, 0.717) is 22.1 Å². The summed E-state index contributed by atoms with van der Waals surface area (Å²) in [5.74, 6) is 1.96. The molecule has 0 saturated carbocycles. The molecule has 0 saturated heterocycles. The molecule has 0 aliphatic heterocycles. The van der Waals surface area contributed by atoms with Gasteiger partial charge in [-0.3, -0.25) is 0 Å². The van der Waals surface area contributed by atoms with Crippen LogP contribution in [-0.2, 0) is 0 Å². The molecule has 3 aromatic rings. The van der Waals surface area contributed by atoms with Crippen LogP contribution in [0.3, 0.4) is 0 Å². The number of fused-ring (bicyclic) bond motifs is 1. The van der Waals surface area contributed by atoms with E-state index in [2.05, 4.69) is 47.3 Å². The minimum Gasteiger partial charge on any atom is -0.493 e. The smallest absolute Gasteiger partial charge is 0.199 e. The maximum absolute atomic E-state index is 5.40. The summed E-state index contributed by atoms with van der Waals surface area (Å²) < 4.78 is 11.2. The van der Waals surface area contributed by atoms with Gasteiger partial charge in [0, 0.05) is 17.1 Å². The number of aromatic nitrogens is 2. The van der Waals surface area contributed by atoms with E-state index in [-0.39, 0.29) is 0 Å². The minimum atomic E-state index is 0.404. The highest BCUT2D eigenvalue weighted by molar-refractivity contribution is 7.71. The quantitative estimate of drug-likeness (QED) is 0.675. The first-order valence-electron chi connectivity index (χ1n) is 7.51. The van der Waals surface area contributed by atoms with Gasteiger partial charge in [-0.15, -0.1) is 0 Å². The molecule has 1 aromatic heterocycles. The number of ether oxygens (including phenoxy) is 2. The van der Waals surface area contributed by atoms with Gasteiger partial charge in [0.05, 0.1) is 19.7 Å². The third-order valence-electron chi connectivity index (χ3n) is 3.72. The molecule has 0 amide bonds. The highest BCUT2D eigenvalue weighted by Gasteiger charge is 2.11. The Morgan fingerprint density at radius 3 is 2.21 bits per heavy atom. The zero-order valence-corrected chi connectivity index (χ0v) is 14.9. The summed E-state index contributed by atoms with van der Waals surface area (Å²) in [6.45, 7) is 4.13. The molecule has 2 aromatic carbocycles. The number of nitrogens with zero attached hydrogens (tertiary/aromatic N) is 1. The lowest BCUT2D eigenvalue weighted by atomic mass is 10.1. The van der Waals surface area contributed by atoms with Crippen molar-refractivity contribution < 1.29 is 9.47 Å². The third kappa shape index (κ3) is 3.19. The van der Waals surface area contributed by atoms with Crippen LogP contribution in [0.2, 0.25) is 0 Å². The molecule has 0 spiro atoms. The molecule has 0 aliphatic carbocycles. The van der Waals surface area contributed by atoms with Crippen LogP contribution in [0.4, 0.5) is 11.5 Å². The maximum atomic E-state index is 5.40. The van der Waals surface area contributed by atoms with Crippen LogP contribution >= 0.6 is 12.2 Å². The van der Waals surface area contributed by atoms with Crippen molar-refractivity contribution in [2.75, 3.05) is 19.5 Å². The first kappa shape index (κ1) is 16.3. The highest BCUT2D eigenvalue weighted by atomic mass is 32.1. The van der Waals surface area contributed by atoms with Crippen LogP contribution in [0.5, 0.6) is 11.5 Å². The van der Waals surface area contributed by atoms with Gasteiger partial charge >= 0.3 is 0 Å². The van der Waals surface area contributed by atoms with Gasteiger partial charge in [-0.1, -0.05) is 6.07 Å². The van der Waals surface area contributed by atoms with E-state index in [0.717, 1.165) is 16.6 Å². The van der Waals surface area contributed by atoms with Crippen LogP contribution in [0, 0.1) is 18.6 Å². The Kier molecular flexibility index (Phi) is 4.40. The molecule has 0 unspecified atom stereocenters. The van der Waals surface area contributed by atoms with E-state index >= 15 is 0 Å². The predicted octanol–water partition coefficient (Wildman–Crippen LogP) is 4.67. The second-order valence-corrected chi connectivity index (χ2v) is 6.03. The molecule has 0 bridgehead atoms. The van der Waals surface area contributed by atoms with Gasteiger partial charge in [-0.05, 0) is 55.4 Å².